The molecule has 3 aromatic carbocycles. The van der Waals surface area contributed by atoms with Crippen LogP contribution in [0, 0.1) is 13.8 Å². The lowest BCUT2D eigenvalue weighted by atomic mass is 10.1. The van der Waals surface area contributed by atoms with Crippen LogP contribution in [0.3, 0.4) is 0 Å². The van der Waals surface area contributed by atoms with Crippen molar-refractivity contribution in [1.82, 2.24) is 5.32 Å². The summed E-state index contributed by atoms with van der Waals surface area (Å²) in [5.41, 5.74) is 3.34. The molecule has 1 atom stereocenters. The maximum absolute atomic E-state index is 12.9. The Bertz CT molecular complexity index is 1360. The molecule has 0 aliphatic rings. The van der Waals surface area contributed by atoms with E-state index in [-0.39, 0.29) is 16.1 Å². The summed E-state index contributed by atoms with van der Waals surface area (Å²) in [5.74, 6) is 0.102. The Morgan fingerprint density at radius 1 is 1.03 bits per heavy atom. The summed E-state index contributed by atoms with van der Waals surface area (Å²) >= 11 is 5.30. The third-order valence-electron chi connectivity index (χ3n) is 5.70. The van der Waals surface area contributed by atoms with Crippen molar-refractivity contribution >= 4 is 44.6 Å². The van der Waals surface area contributed by atoms with Gasteiger partial charge in [0.25, 0.3) is 15.9 Å². The smallest absolute Gasteiger partial charge is 0.261 e. The van der Waals surface area contributed by atoms with E-state index >= 15 is 0 Å². The second-order valence-corrected chi connectivity index (χ2v) is 11.0. The lowest BCUT2D eigenvalue weighted by molar-refractivity contribution is 0.0970. The second kappa shape index (κ2) is 12.7. The quantitative estimate of drug-likeness (QED) is 0.266. The summed E-state index contributed by atoms with van der Waals surface area (Å²) in [6, 6.07) is 18.7. The molecule has 0 bridgehead atoms. The number of rotatable bonds is 10. The third-order valence-corrected chi connectivity index (χ3v) is 7.29. The van der Waals surface area contributed by atoms with Gasteiger partial charge in [0, 0.05) is 5.69 Å². The van der Waals surface area contributed by atoms with Crippen molar-refractivity contribution in [2.24, 2.45) is 0 Å². The van der Waals surface area contributed by atoms with Crippen LogP contribution >= 0.6 is 12.2 Å². The largest absolute Gasteiger partial charge is 0.490 e. The van der Waals surface area contributed by atoms with Crippen LogP contribution in [0.25, 0.3) is 0 Å². The molecule has 0 saturated heterocycles. The molecule has 0 radical (unpaired) electrons. The van der Waals surface area contributed by atoms with Crippen LogP contribution in [-0.2, 0) is 10.0 Å². The number of anilines is 2. The Morgan fingerprint density at radius 3 is 2.41 bits per heavy atom. The van der Waals surface area contributed by atoms with Crippen molar-refractivity contribution in [2.45, 2.75) is 58.0 Å². The van der Waals surface area contributed by atoms with E-state index in [4.69, 9.17) is 17.0 Å². The molecular weight excluding hydrogens is 506 g/mol. The Hall–Kier alpha value is -3.43. The molecule has 3 N–H and O–H groups in total. The predicted molar refractivity (Wildman–Crippen MR) is 153 cm³/mol. The number of nitrogens with one attached hydrogen (secondary N) is 3. The van der Waals surface area contributed by atoms with Crippen molar-refractivity contribution < 1.29 is 17.9 Å². The summed E-state index contributed by atoms with van der Waals surface area (Å²) in [6.45, 7) is 7.91. The van der Waals surface area contributed by atoms with Crippen molar-refractivity contribution in [2.75, 3.05) is 10.0 Å². The molecule has 0 aliphatic heterocycles. The highest BCUT2D eigenvalue weighted by Gasteiger charge is 2.17. The number of aryl methyl sites for hydroxylation is 2. The lowest BCUT2D eigenvalue weighted by Gasteiger charge is -2.17. The molecule has 7 nitrogen and oxygen atoms in total. The van der Waals surface area contributed by atoms with E-state index in [0.29, 0.717) is 22.7 Å². The van der Waals surface area contributed by atoms with Crippen LogP contribution in [0.15, 0.2) is 71.6 Å². The Morgan fingerprint density at radius 2 is 1.73 bits per heavy atom. The number of para-hydroxylation sites is 1. The zero-order valence-electron chi connectivity index (χ0n) is 21.5. The van der Waals surface area contributed by atoms with Gasteiger partial charge in [0.2, 0.25) is 0 Å². The predicted octanol–water partition coefficient (Wildman–Crippen LogP) is 6.19. The third kappa shape index (κ3) is 8.03. The van der Waals surface area contributed by atoms with E-state index in [2.05, 4.69) is 22.3 Å². The van der Waals surface area contributed by atoms with Gasteiger partial charge in [0.15, 0.2) is 5.11 Å². The van der Waals surface area contributed by atoms with Crippen LogP contribution in [0.5, 0.6) is 5.75 Å². The molecular formula is C28H33N3O4S2. The first-order chi connectivity index (χ1) is 17.6. The molecule has 37 heavy (non-hydrogen) atoms. The summed E-state index contributed by atoms with van der Waals surface area (Å²) in [7, 11) is -3.76. The Balaban J connectivity index is 1.62. The molecule has 0 fully saturated rings. The fraction of sp³-hybridized carbons (Fsp3) is 0.286. The summed E-state index contributed by atoms with van der Waals surface area (Å²) in [6.07, 6.45) is 3.01. The number of carbonyl (C=O) groups is 1. The van der Waals surface area contributed by atoms with Gasteiger partial charge in [-0.15, -0.1) is 0 Å². The van der Waals surface area contributed by atoms with E-state index in [1.54, 1.807) is 36.4 Å². The number of hydrogen-bond donors (Lipinski definition) is 3. The maximum atomic E-state index is 12.9. The molecule has 1 amide bonds. The number of ether oxygens (including phenoxy) is 1. The van der Waals surface area contributed by atoms with Crippen molar-refractivity contribution in [1.29, 1.82) is 0 Å². The average molecular weight is 540 g/mol. The standard InChI is InChI=1S/C28H33N3O4S2/c1-5-6-9-21(4)35-26-11-8-7-10-24(26)27(32)30-28(36)29-22-13-15-23(16-14-22)37(33,34)31-25-17-12-19(2)18-20(25)3/h7-8,10-18,21,31H,5-6,9H2,1-4H3,(H2,29,30,32,36). The van der Waals surface area contributed by atoms with Crippen molar-refractivity contribution in [3.05, 3.63) is 83.4 Å². The zero-order chi connectivity index (χ0) is 27.0. The second-order valence-electron chi connectivity index (χ2n) is 8.92. The topological polar surface area (TPSA) is 96.5 Å². The minimum atomic E-state index is -3.76. The van der Waals surface area contributed by atoms with Crippen LogP contribution in [-0.4, -0.2) is 25.5 Å². The lowest BCUT2D eigenvalue weighted by Crippen LogP contribution is -2.34. The van der Waals surface area contributed by atoms with Gasteiger partial charge in [-0.1, -0.05) is 49.6 Å². The molecule has 0 aliphatic carbocycles. The van der Waals surface area contributed by atoms with E-state index in [9.17, 15) is 13.2 Å². The molecule has 3 aromatic rings. The SMILES string of the molecule is CCCCC(C)Oc1ccccc1C(=O)NC(=S)Nc1ccc(S(=O)(=O)Nc2ccc(C)cc2C)cc1. The van der Waals surface area contributed by atoms with Gasteiger partial charge in [-0.25, -0.2) is 8.42 Å². The maximum Gasteiger partial charge on any atom is 0.261 e. The van der Waals surface area contributed by atoms with E-state index in [1.165, 1.54) is 12.1 Å². The number of carbonyl (C=O) groups excluding carboxylic acids is 1. The van der Waals surface area contributed by atoms with Crippen LogP contribution < -0.4 is 20.1 Å². The number of amides is 1. The number of thiocarbonyl (C=S) groups is 1. The van der Waals surface area contributed by atoms with Gasteiger partial charge in [0.05, 0.1) is 22.3 Å². The molecule has 0 aromatic heterocycles. The highest BCUT2D eigenvalue weighted by Crippen LogP contribution is 2.23. The van der Waals surface area contributed by atoms with Gasteiger partial charge >= 0.3 is 0 Å². The normalized spacial score (nSPS) is 11.9. The zero-order valence-corrected chi connectivity index (χ0v) is 23.1. The number of benzene rings is 3. The highest BCUT2D eigenvalue weighted by molar-refractivity contribution is 7.92. The number of sulfonamides is 1. The minimum Gasteiger partial charge on any atom is -0.490 e. The molecule has 0 heterocycles. The Labute approximate surface area is 224 Å². The van der Waals surface area contributed by atoms with Gasteiger partial charge in [0.1, 0.15) is 5.75 Å². The fourth-order valence-corrected chi connectivity index (χ4v) is 5.05. The van der Waals surface area contributed by atoms with Gasteiger partial charge in [-0.2, -0.15) is 0 Å². The van der Waals surface area contributed by atoms with Crippen molar-refractivity contribution in [3.8, 4) is 5.75 Å². The van der Waals surface area contributed by atoms with Crippen LogP contribution in [0.4, 0.5) is 11.4 Å². The minimum absolute atomic E-state index is 0.0156. The monoisotopic (exact) mass is 539 g/mol. The Kier molecular flexibility index (Phi) is 9.66. The first kappa shape index (κ1) is 28.1. The van der Waals surface area contributed by atoms with Gasteiger partial charge in [-0.05, 0) is 87.4 Å². The molecule has 1 unspecified atom stereocenters. The summed E-state index contributed by atoms with van der Waals surface area (Å²) in [5, 5.41) is 5.66. The average Bonchev–Trinajstić information content (AvgIpc) is 2.85. The molecule has 196 valence electrons. The number of hydrogen-bond acceptors (Lipinski definition) is 5. The van der Waals surface area contributed by atoms with Crippen LogP contribution in [0.2, 0.25) is 0 Å². The summed E-state index contributed by atoms with van der Waals surface area (Å²) in [4.78, 5) is 13.0. The highest BCUT2D eigenvalue weighted by atomic mass is 32.2. The van der Waals surface area contributed by atoms with E-state index < -0.39 is 15.9 Å². The van der Waals surface area contributed by atoms with Crippen LogP contribution in [0.1, 0.15) is 54.6 Å². The first-order valence-corrected chi connectivity index (χ1v) is 14.1. The summed E-state index contributed by atoms with van der Waals surface area (Å²) < 4.78 is 34.2. The molecule has 9 heteroatoms. The van der Waals surface area contributed by atoms with E-state index in [0.717, 1.165) is 30.4 Å². The van der Waals surface area contributed by atoms with Crippen molar-refractivity contribution in [3.63, 3.8) is 0 Å². The first-order valence-electron chi connectivity index (χ1n) is 12.2. The van der Waals surface area contributed by atoms with Gasteiger partial charge in [-0.3, -0.25) is 14.8 Å². The molecule has 3 rings (SSSR count). The van der Waals surface area contributed by atoms with E-state index in [1.807, 2.05) is 39.0 Å². The molecule has 0 saturated carbocycles. The fourth-order valence-electron chi connectivity index (χ4n) is 3.71. The van der Waals surface area contributed by atoms with Gasteiger partial charge < -0.3 is 10.1 Å². The molecule has 0 spiro atoms. The number of unbranched alkanes of at least 4 members (excludes halogenated alkanes) is 1.